The van der Waals surface area contributed by atoms with Crippen molar-refractivity contribution < 1.29 is 14.2 Å². The summed E-state index contributed by atoms with van der Waals surface area (Å²) in [6.45, 7) is 1.50. The standard InChI is InChI=1S/C16H16N4O3/c1-4-18-16(20-7-5-17-11-20)19(6-1)8-9-21-13-2-3-14-15(10-13)23-12-22-14/h1-7,10-11,16H,8-9,12H2. The molecule has 1 unspecified atom stereocenters. The van der Waals surface area contributed by atoms with Gasteiger partial charge >= 0.3 is 0 Å². The predicted molar refractivity (Wildman–Crippen MR) is 83.7 cm³/mol. The SMILES string of the molecule is C1=CN(CCOc2ccc3c(c2)OCO3)C(n2ccnc2)N=C1. The van der Waals surface area contributed by atoms with Gasteiger partial charge in [0.15, 0.2) is 11.5 Å². The Morgan fingerprint density at radius 2 is 2.22 bits per heavy atom. The minimum absolute atomic E-state index is 0.122. The summed E-state index contributed by atoms with van der Waals surface area (Å²) in [4.78, 5) is 10.6. The molecule has 0 saturated heterocycles. The summed E-state index contributed by atoms with van der Waals surface area (Å²) in [5.74, 6) is 2.24. The Hall–Kier alpha value is -2.96. The van der Waals surface area contributed by atoms with Gasteiger partial charge in [0.2, 0.25) is 13.1 Å². The van der Waals surface area contributed by atoms with Crippen LogP contribution in [-0.2, 0) is 0 Å². The molecule has 0 saturated carbocycles. The van der Waals surface area contributed by atoms with Crippen molar-refractivity contribution in [3.8, 4) is 17.2 Å². The van der Waals surface area contributed by atoms with Crippen molar-refractivity contribution in [1.82, 2.24) is 14.5 Å². The molecular weight excluding hydrogens is 296 g/mol. The molecule has 118 valence electrons. The van der Waals surface area contributed by atoms with Gasteiger partial charge in [-0.15, -0.1) is 0 Å². The van der Waals surface area contributed by atoms with Crippen LogP contribution in [0.4, 0.5) is 0 Å². The van der Waals surface area contributed by atoms with Gasteiger partial charge in [0.05, 0.1) is 12.9 Å². The van der Waals surface area contributed by atoms with Crippen LogP contribution in [0, 0.1) is 0 Å². The molecule has 1 atom stereocenters. The summed E-state index contributed by atoms with van der Waals surface area (Å²) in [7, 11) is 0. The molecule has 23 heavy (non-hydrogen) atoms. The fourth-order valence-electron chi connectivity index (χ4n) is 2.52. The first kappa shape index (κ1) is 13.7. The molecule has 2 aliphatic rings. The first-order valence-electron chi connectivity index (χ1n) is 7.36. The molecule has 0 aliphatic carbocycles. The van der Waals surface area contributed by atoms with Crippen LogP contribution in [0.15, 0.2) is 54.2 Å². The molecule has 0 bridgehead atoms. The zero-order chi connectivity index (χ0) is 15.5. The van der Waals surface area contributed by atoms with Crippen LogP contribution in [0.5, 0.6) is 17.2 Å². The van der Waals surface area contributed by atoms with Crippen LogP contribution in [0.3, 0.4) is 0 Å². The molecule has 2 aliphatic heterocycles. The van der Waals surface area contributed by atoms with Crippen molar-refractivity contribution in [2.45, 2.75) is 6.29 Å². The highest BCUT2D eigenvalue weighted by Gasteiger charge is 2.17. The zero-order valence-electron chi connectivity index (χ0n) is 12.4. The van der Waals surface area contributed by atoms with Gasteiger partial charge in [-0.1, -0.05) is 0 Å². The number of benzene rings is 1. The summed E-state index contributed by atoms with van der Waals surface area (Å²) in [6, 6.07) is 5.59. The van der Waals surface area contributed by atoms with E-state index in [9.17, 15) is 0 Å². The topological polar surface area (TPSA) is 61.1 Å². The van der Waals surface area contributed by atoms with Gasteiger partial charge in [0.1, 0.15) is 12.4 Å². The van der Waals surface area contributed by atoms with Crippen LogP contribution in [-0.4, -0.2) is 40.6 Å². The van der Waals surface area contributed by atoms with Crippen LogP contribution >= 0.6 is 0 Å². The van der Waals surface area contributed by atoms with E-state index in [1.54, 1.807) is 18.7 Å². The Bertz CT molecular complexity index is 727. The molecule has 1 aromatic carbocycles. The molecule has 7 heteroatoms. The number of ether oxygens (including phenoxy) is 3. The number of imidazole rings is 1. The molecule has 3 heterocycles. The van der Waals surface area contributed by atoms with E-state index >= 15 is 0 Å². The van der Waals surface area contributed by atoms with Crippen molar-refractivity contribution in [3.63, 3.8) is 0 Å². The third kappa shape index (κ3) is 2.85. The molecule has 0 spiro atoms. The van der Waals surface area contributed by atoms with Crippen LogP contribution in [0.2, 0.25) is 0 Å². The van der Waals surface area contributed by atoms with E-state index in [0.717, 1.165) is 17.2 Å². The predicted octanol–water partition coefficient (Wildman–Crippen LogP) is 2.05. The second-order valence-electron chi connectivity index (χ2n) is 5.10. The Labute approximate surface area is 133 Å². The highest BCUT2D eigenvalue weighted by Crippen LogP contribution is 2.35. The van der Waals surface area contributed by atoms with E-state index in [4.69, 9.17) is 14.2 Å². The lowest BCUT2D eigenvalue weighted by Gasteiger charge is -2.29. The highest BCUT2D eigenvalue weighted by molar-refractivity contribution is 5.71. The molecule has 0 amide bonds. The fraction of sp³-hybridized carbons (Fsp3) is 0.250. The molecular formula is C16H16N4O3. The quantitative estimate of drug-likeness (QED) is 0.845. The van der Waals surface area contributed by atoms with Crippen molar-refractivity contribution in [2.75, 3.05) is 19.9 Å². The maximum Gasteiger partial charge on any atom is 0.231 e. The van der Waals surface area contributed by atoms with Crippen molar-refractivity contribution in [1.29, 1.82) is 0 Å². The Morgan fingerprint density at radius 3 is 3.13 bits per heavy atom. The number of hydrogen-bond donors (Lipinski definition) is 0. The van der Waals surface area contributed by atoms with Crippen molar-refractivity contribution in [2.24, 2.45) is 4.99 Å². The number of fused-ring (bicyclic) bond motifs is 1. The molecule has 0 radical (unpaired) electrons. The normalized spacial score (nSPS) is 18.4. The Morgan fingerprint density at radius 1 is 1.26 bits per heavy atom. The van der Waals surface area contributed by atoms with Crippen LogP contribution < -0.4 is 14.2 Å². The minimum Gasteiger partial charge on any atom is -0.492 e. The van der Waals surface area contributed by atoms with E-state index in [1.807, 2.05) is 41.2 Å². The smallest absolute Gasteiger partial charge is 0.231 e. The minimum atomic E-state index is -0.122. The summed E-state index contributed by atoms with van der Waals surface area (Å²) in [6.07, 6.45) is 11.0. The average molecular weight is 312 g/mol. The van der Waals surface area contributed by atoms with Gasteiger partial charge in [0, 0.05) is 30.9 Å². The average Bonchev–Trinajstić information content (AvgIpc) is 3.26. The lowest BCUT2D eigenvalue weighted by atomic mass is 10.3. The lowest BCUT2D eigenvalue weighted by Crippen LogP contribution is -2.31. The maximum atomic E-state index is 5.81. The first-order chi connectivity index (χ1) is 11.4. The largest absolute Gasteiger partial charge is 0.492 e. The third-order valence-electron chi connectivity index (χ3n) is 3.63. The molecule has 0 N–H and O–H groups in total. The Kier molecular flexibility index (Phi) is 3.59. The number of aliphatic imine (C=N–C) groups is 1. The second kappa shape index (κ2) is 6.04. The number of nitrogens with zero attached hydrogens (tertiary/aromatic N) is 4. The zero-order valence-corrected chi connectivity index (χ0v) is 12.4. The molecule has 4 rings (SSSR count). The number of rotatable bonds is 5. The monoisotopic (exact) mass is 312 g/mol. The van der Waals surface area contributed by atoms with Gasteiger partial charge in [-0.05, 0) is 18.2 Å². The van der Waals surface area contributed by atoms with Gasteiger partial charge in [-0.2, -0.15) is 0 Å². The number of allylic oxidation sites excluding steroid dienone is 1. The maximum absolute atomic E-state index is 5.81. The number of aromatic nitrogens is 2. The molecule has 2 aromatic rings. The van der Waals surface area contributed by atoms with Crippen molar-refractivity contribution >= 4 is 6.21 Å². The Balaban J connectivity index is 1.37. The van der Waals surface area contributed by atoms with Crippen LogP contribution in [0.25, 0.3) is 0 Å². The fourth-order valence-corrected chi connectivity index (χ4v) is 2.52. The van der Waals surface area contributed by atoms with Gasteiger partial charge in [-0.3, -0.25) is 4.57 Å². The van der Waals surface area contributed by atoms with E-state index < -0.39 is 0 Å². The second-order valence-corrected chi connectivity index (χ2v) is 5.10. The summed E-state index contributed by atoms with van der Waals surface area (Å²) < 4.78 is 18.4. The molecule has 0 fully saturated rings. The van der Waals surface area contributed by atoms with E-state index in [1.165, 1.54) is 0 Å². The summed E-state index contributed by atoms with van der Waals surface area (Å²) in [5, 5.41) is 0. The molecule has 1 aromatic heterocycles. The van der Waals surface area contributed by atoms with E-state index in [0.29, 0.717) is 13.2 Å². The lowest BCUT2D eigenvalue weighted by molar-refractivity contribution is 0.170. The first-order valence-corrected chi connectivity index (χ1v) is 7.36. The van der Waals surface area contributed by atoms with Gasteiger partial charge < -0.3 is 19.1 Å². The number of hydrogen-bond acceptors (Lipinski definition) is 6. The van der Waals surface area contributed by atoms with E-state index in [-0.39, 0.29) is 13.1 Å². The molecule has 7 nitrogen and oxygen atoms in total. The third-order valence-corrected chi connectivity index (χ3v) is 3.63. The summed E-state index contributed by atoms with van der Waals surface area (Å²) in [5.41, 5.74) is 0. The van der Waals surface area contributed by atoms with Gasteiger partial charge in [0.25, 0.3) is 0 Å². The van der Waals surface area contributed by atoms with Crippen LogP contribution in [0.1, 0.15) is 6.29 Å². The highest BCUT2D eigenvalue weighted by atomic mass is 16.7. The van der Waals surface area contributed by atoms with Crippen molar-refractivity contribution in [3.05, 3.63) is 49.2 Å². The van der Waals surface area contributed by atoms with Gasteiger partial charge in [-0.25, -0.2) is 9.98 Å². The summed E-state index contributed by atoms with van der Waals surface area (Å²) >= 11 is 0. The van der Waals surface area contributed by atoms with E-state index in [2.05, 4.69) is 14.9 Å².